The molecule has 2 aromatic rings. The molecule has 2 aromatic carbocycles. The molecule has 0 unspecified atom stereocenters. The van der Waals surface area contributed by atoms with Gasteiger partial charge in [0.05, 0.1) is 0 Å². The maximum Gasteiger partial charge on any atom is 0.306 e. The van der Waals surface area contributed by atoms with Crippen molar-refractivity contribution in [3.63, 3.8) is 0 Å². The van der Waals surface area contributed by atoms with Crippen LogP contribution in [0.2, 0.25) is 0 Å². The van der Waals surface area contributed by atoms with Gasteiger partial charge < -0.3 is 9.47 Å². The Morgan fingerprint density at radius 3 is 1.32 bits per heavy atom. The van der Waals surface area contributed by atoms with E-state index in [0.29, 0.717) is 26.1 Å². The molecule has 2 rings (SSSR count). The molecule has 4 heteroatoms. The van der Waals surface area contributed by atoms with E-state index in [1.165, 1.54) is 0 Å². The van der Waals surface area contributed by atoms with E-state index >= 15 is 0 Å². The van der Waals surface area contributed by atoms with Gasteiger partial charge >= 0.3 is 11.9 Å². The molecule has 0 N–H and O–H groups in total. The fourth-order valence-electron chi connectivity index (χ4n) is 3.04. The number of ether oxygens (including phenoxy) is 2. The van der Waals surface area contributed by atoms with E-state index < -0.39 is 0 Å². The van der Waals surface area contributed by atoms with Gasteiger partial charge in [-0.05, 0) is 35.1 Å². The van der Waals surface area contributed by atoms with Crippen LogP contribution in [-0.2, 0) is 32.3 Å². The lowest BCUT2D eigenvalue weighted by molar-refractivity contribution is -0.145. The van der Waals surface area contributed by atoms with Gasteiger partial charge in [0, 0.05) is 12.8 Å². The second kappa shape index (κ2) is 14.0. The van der Waals surface area contributed by atoms with Gasteiger partial charge in [-0.1, -0.05) is 93.1 Å². The second-order valence-electron chi connectivity index (χ2n) is 7.48. The summed E-state index contributed by atoms with van der Waals surface area (Å²) in [6.07, 6.45) is 8.92. The number of carbonyl (C=O) groups is 2. The molecule has 0 amide bonds. The van der Waals surface area contributed by atoms with Crippen molar-refractivity contribution in [2.45, 2.75) is 58.2 Å². The molecule has 0 spiro atoms. The van der Waals surface area contributed by atoms with Crippen LogP contribution >= 0.6 is 0 Å². The Bertz CT molecular complexity index is 763. The van der Waals surface area contributed by atoms with E-state index in [9.17, 15) is 9.59 Å². The van der Waals surface area contributed by atoms with Gasteiger partial charge in [0.1, 0.15) is 13.2 Å². The predicted octanol–water partition coefficient (Wildman–Crippen LogP) is 6.49. The number of hydrogen-bond acceptors (Lipinski definition) is 4. The summed E-state index contributed by atoms with van der Waals surface area (Å²) in [5, 5.41) is 0. The summed E-state index contributed by atoms with van der Waals surface area (Å²) in [5.74, 6) is -0.338. The van der Waals surface area contributed by atoms with Crippen molar-refractivity contribution in [2.75, 3.05) is 0 Å². The van der Waals surface area contributed by atoms with Crippen LogP contribution in [0.15, 0.2) is 61.7 Å². The molecule has 0 heterocycles. The number of carbonyl (C=O) groups excluding carboxylic acids is 2. The highest BCUT2D eigenvalue weighted by molar-refractivity contribution is 5.69. The van der Waals surface area contributed by atoms with Crippen LogP contribution in [0.4, 0.5) is 0 Å². The van der Waals surface area contributed by atoms with Crippen molar-refractivity contribution < 1.29 is 19.1 Å². The summed E-state index contributed by atoms with van der Waals surface area (Å²) < 4.78 is 10.6. The third-order valence-electron chi connectivity index (χ3n) is 4.99. The molecular formula is C27H32O4. The number of benzene rings is 2. The van der Waals surface area contributed by atoms with E-state index in [0.717, 1.165) is 54.4 Å². The molecule has 0 aliphatic heterocycles. The van der Waals surface area contributed by atoms with Gasteiger partial charge in [0.25, 0.3) is 0 Å². The molecular weight excluding hydrogens is 388 g/mol. The number of hydrogen-bond donors (Lipinski definition) is 0. The second-order valence-corrected chi connectivity index (χ2v) is 7.48. The van der Waals surface area contributed by atoms with Crippen LogP contribution in [-0.4, -0.2) is 11.9 Å². The van der Waals surface area contributed by atoms with Crippen molar-refractivity contribution in [1.29, 1.82) is 0 Å². The first-order chi connectivity index (χ1) is 15.1. The zero-order valence-electron chi connectivity index (χ0n) is 18.2. The average Bonchev–Trinajstić information content (AvgIpc) is 2.81. The van der Waals surface area contributed by atoms with E-state index in [4.69, 9.17) is 9.47 Å². The van der Waals surface area contributed by atoms with Crippen LogP contribution in [0.5, 0.6) is 0 Å². The molecule has 0 aliphatic carbocycles. The fourth-order valence-corrected chi connectivity index (χ4v) is 3.04. The maximum absolute atomic E-state index is 11.8. The fraction of sp³-hybridized carbons (Fsp3) is 0.333. The minimum absolute atomic E-state index is 0.169. The van der Waals surface area contributed by atoms with Crippen LogP contribution in [0.1, 0.15) is 67.2 Å². The summed E-state index contributed by atoms with van der Waals surface area (Å²) in [6.45, 7) is 8.04. The Hall–Kier alpha value is -3.14. The van der Waals surface area contributed by atoms with Crippen molar-refractivity contribution in [3.05, 3.63) is 83.9 Å². The first-order valence-corrected chi connectivity index (χ1v) is 10.8. The quantitative estimate of drug-likeness (QED) is 0.259. The van der Waals surface area contributed by atoms with Crippen LogP contribution < -0.4 is 0 Å². The Labute approximate surface area is 185 Å². The smallest absolute Gasteiger partial charge is 0.306 e. The van der Waals surface area contributed by atoms with Gasteiger partial charge in [-0.15, -0.1) is 0 Å². The molecule has 31 heavy (non-hydrogen) atoms. The third-order valence-corrected chi connectivity index (χ3v) is 4.99. The normalized spacial score (nSPS) is 10.3. The summed E-state index contributed by atoms with van der Waals surface area (Å²) in [4.78, 5) is 23.7. The minimum Gasteiger partial charge on any atom is -0.461 e. The number of unbranched alkanes of at least 4 members (excludes halogenated alkanes) is 4. The van der Waals surface area contributed by atoms with Gasteiger partial charge in [-0.3, -0.25) is 9.59 Å². The summed E-state index contributed by atoms with van der Waals surface area (Å²) in [7, 11) is 0. The lowest BCUT2D eigenvalue weighted by Gasteiger charge is -2.06. The summed E-state index contributed by atoms with van der Waals surface area (Å²) >= 11 is 0. The zero-order chi connectivity index (χ0) is 22.3. The largest absolute Gasteiger partial charge is 0.461 e. The third kappa shape index (κ3) is 9.94. The molecule has 0 aromatic heterocycles. The average molecular weight is 421 g/mol. The van der Waals surface area contributed by atoms with Crippen LogP contribution in [0.25, 0.3) is 12.2 Å². The Morgan fingerprint density at radius 2 is 0.968 bits per heavy atom. The first-order valence-electron chi connectivity index (χ1n) is 10.8. The molecule has 0 aliphatic rings. The monoisotopic (exact) mass is 420 g/mol. The zero-order valence-corrected chi connectivity index (χ0v) is 18.2. The van der Waals surface area contributed by atoms with Crippen molar-refractivity contribution in [1.82, 2.24) is 0 Å². The molecule has 0 radical (unpaired) electrons. The standard InChI is InChI=1S/C27H32O4/c1-3-22-12-16-24(17-13-22)20-30-26(28)10-8-6-5-7-9-11-27(29)31-21-25-18-14-23(4-2)15-19-25/h3-4,12-19H,1-2,5-11,20-21H2. The van der Waals surface area contributed by atoms with E-state index in [1.54, 1.807) is 12.2 Å². The van der Waals surface area contributed by atoms with Gasteiger partial charge in [0.15, 0.2) is 0 Å². The highest BCUT2D eigenvalue weighted by Crippen LogP contribution is 2.12. The van der Waals surface area contributed by atoms with Gasteiger partial charge in [-0.25, -0.2) is 0 Å². The first kappa shape index (κ1) is 24.1. The summed E-state index contributed by atoms with van der Waals surface area (Å²) in [6, 6.07) is 15.6. The lowest BCUT2D eigenvalue weighted by Crippen LogP contribution is -2.05. The number of rotatable bonds is 14. The summed E-state index contributed by atoms with van der Waals surface area (Å²) in [5.41, 5.74) is 4.03. The van der Waals surface area contributed by atoms with Gasteiger partial charge in [0.2, 0.25) is 0 Å². The van der Waals surface area contributed by atoms with Crippen LogP contribution in [0.3, 0.4) is 0 Å². The molecule has 0 fully saturated rings. The SMILES string of the molecule is C=Cc1ccc(COC(=O)CCCCCCCC(=O)OCc2ccc(C=C)cc2)cc1. The molecule has 4 nitrogen and oxygen atoms in total. The molecule has 0 saturated heterocycles. The molecule has 0 bridgehead atoms. The Balaban J connectivity index is 1.46. The maximum atomic E-state index is 11.8. The molecule has 0 saturated carbocycles. The Kier molecular flexibility index (Phi) is 10.9. The molecule has 164 valence electrons. The highest BCUT2D eigenvalue weighted by Gasteiger charge is 2.05. The van der Waals surface area contributed by atoms with E-state index in [1.807, 2.05) is 48.5 Å². The Morgan fingerprint density at radius 1 is 0.613 bits per heavy atom. The van der Waals surface area contributed by atoms with Crippen LogP contribution in [0, 0.1) is 0 Å². The van der Waals surface area contributed by atoms with Crippen molar-refractivity contribution >= 4 is 24.1 Å². The van der Waals surface area contributed by atoms with Crippen molar-refractivity contribution in [3.8, 4) is 0 Å². The van der Waals surface area contributed by atoms with Gasteiger partial charge in [-0.2, -0.15) is 0 Å². The minimum atomic E-state index is -0.169. The van der Waals surface area contributed by atoms with Crippen molar-refractivity contribution in [2.24, 2.45) is 0 Å². The van der Waals surface area contributed by atoms with E-state index in [2.05, 4.69) is 13.2 Å². The highest BCUT2D eigenvalue weighted by atomic mass is 16.5. The number of esters is 2. The van der Waals surface area contributed by atoms with E-state index in [-0.39, 0.29) is 11.9 Å². The predicted molar refractivity (Wildman–Crippen MR) is 125 cm³/mol. The topological polar surface area (TPSA) is 52.6 Å². The lowest BCUT2D eigenvalue weighted by atomic mass is 10.1. The molecule has 0 atom stereocenters.